The zero-order valence-electron chi connectivity index (χ0n) is 12.4. The largest absolute Gasteiger partial charge is 0.469 e. The number of nitrogens with one attached hydrogen (secondary N) is 1. The molecule has 1 aromatic rings. The third-order valence-electron chi connectivity index (χ3n) is 3.67. The molecule has 1 N–H and O–H groups in total. The van der Waals surface area contributed by atoms with Crippen LogP contribution in [-0.2, 0) is 14.3 Å². The molecule has 1 heterocycles. The number of methoxy groups -OCH3 is 1. The number of ether oxygens (including phenoxy) is 1. The van der Waals surface area contributed by atoms with Crippen LogP contribution in [0, 0.1) is 0 Å². The molecule has 2 atom stereocenters. The van der Waals surface area contributed by atoms with Gasteiger partial charge in [0.1, 0.15) is 6.67 Å². The van der Waals surface area contributed by atoms with Crippen molar-refractivity contribution in [2.24, 2.45) is 4.99 Å². The highest BCUT2D eigenvalue weighted by atomic mass is 16.5. The summed E-state index contributed by atoms with van der Waals surface area (Å²) in [4.78, 5) is 39.2. The number of hydrogen-bond acceptors (Lipinski definition) is 5. The molecule has 22 heavy (non-hydrogen) atoms. The van der Waals surface area contributed by atoms with Gasteiger partial charge in [-0.15, -0.1) is 0 Å². The van der Waals surface area contributed by atoms with Crippen molar-refractivity contribution in [2.75, 3.05) is 18.7 Å². The summed E-state index contributed by atoms with van der Waals surface area (Å²) in [6, 6.07) is 6.64. The van der Waals surface area contributed by atoms with Gasteiger partial charge in [-0.3, -0.25) is 9.69 Å². The molecule has 0 saturated carbocycles. The normalized spacial score (nSPS) is 19.6. The first-order chi connectivity index (χ1) is 10.6. The summed E-state index contributed by atoms with van der Waals surface area (Å²) in [5, 5.41) is 2.52. The third kappa shape index (κ3) is 2.99. The second-order valence-corrected chi connectivity index (χ2v) is 4.98. The molecular weight excluding hydrogens is 286 g/mol. The minimum Gasteiger partial charge on any atom is -0.469 e. The van der Waals surface area contributed by atoms with E-state index >= 15 is 0 Å². The fraction of sp³-hybridized carbons (Fsp3) is 0.400. The van der Waals surface area contributed by atoms with Crippen LogP contribution in [0.3, 0.4) is 0 Å². The van der Waals surface area contributed by atoms with Crippen molar-refractivity contribution in [3.63, 3.8) is 0 Å². The lowest BCUT2D eigenvalue weighted by Gasteiger charge is -2.38. The van der Waals surface area contributed by atoms with Crippen LogP contribution in [-0.4, -0.2) is 37.9 Å². The smallest absolute Gasteiger partial charge is 0.323 e. The minimum atomic E-state index is -0.395. The predicted octanol–water partition coefficient (Wildman–Crippen LogP) is 1.54. The van der Waals surface area contributed by atoms with Crippen molar-refractivity contribution in [1.29, 1.82) is 0 Å². The van der Waals surface area contributed by atoms with Gasteiger partial charge in [0.25, 0.3) is 0 Å². The molecule has 0 fully saturated rings. The van der Waals surface area contributed by atoms with E-state index in [1.165, 1.54) is 13.2 Å². The highest BCUT2D eigenvalue weighted by Gasteiger charge is 2.37. The maximum absolute atomic E-state index is 12.3. The molecule has 0 spiro atoms. The number of rotatable bonds is 3. The number of fused-ring (bicyclic) bond motifs is 1. The molecule has 0 aromatic heterocycles. The van der Waals surface area contributed by atoms with E-state index < -0.39 is 5.92 Å². The Kier molecular flexibility index (Phi) is 4.91. The Morgan fingerprint density at radius 2 is 2.18 bits per heavy atom. The molecule has 0 bridgehead atoms. The molecule has 0 radical (unpaired) electrons. The fourth-order valence-corrected chi connectivity index (χ4v) is 2.71. The Labute approximate surface area is 128 Å². The molecule has 2 unspecified atom stereocenters. The van der Waals surface area contributed by atoms with E-state index in [1.54, 1.807) is 17.0 Å². The molecule has 116 valence electrons. The van der Waals surface area contributed by atoms with E-state index in [4.69, 9.17) is 4.74 Å². The van der Waals surface area contributed by atoms with Crippen LogP contribution in [0.4, 0.5) is 10.5 Å². The summed E-state index contributed by atoms with van der Waals surface area (Å²) < 4.78 is 4.85. The number of para-hydroxylation sites is 1. The van der Waals surface area contributed by atoms with Gasteiger partial charge in [0.2, 0.25) is 6.08 Å². The van der Waals surface area contributed by atoms with Gasteiger partial charge in [-0.1, -0.05) is 18.2 Å². The number of anilines is 1. The zero-order valence-corrected chi connectivity index (χ0v) is 12.4. The van der Waals surface area contributed by atoms with Crippen molar-refractivity contribution >= 4 is 23.8 Å². The molecule has 0 aliphatic carbocycles. The van der Waals surface area contributed by atoms with E-state index in [0.29, 0.717) is 12.1 Å². The van der Waals surface area contributed by atoms with Crippen LogP contribution >= 0.6 is 0 Å². The molecule has 1 aromatic carbocycles. The van der Waals surface area contributed by atoms with Gasteiger partial charge >= 0.3 is 12.0 Å². The van der Waals surface area contributed by atoms with Crippen molar-refractivity contribution in [3.8, 4) is 0 Å². The topological polar surface area (TPSA) is 88.1 Å². The number of hydrogen-bond donors (Lipinski definition) is 1. The first-order valence-corrected chi connectivity index (χ1v) is 6.87. The average molecular weight is 303 g/mol. The summed E-state index contributed by atoms with van der Waals surface area (Å²) in [6.07, 6.45) is 1.83. The van der Waals surface area contributed by atoms with Gasteiger partial charge in [0.05, 0.1) is 13.0 Å². The Hall–Kier alpha value is -2.66. The van der Waals surface area contributed by atoms with Crippen LogP contribution in [0.15, 0.2) is 29.3 Å². The maximum Gasteiger partial charge on any atom is 0.323 e. The summed E-state index contributed by atoms with van der Waals surface area (Å²) in [5.41, 5.74) is 1.41. The number of isocyanates is 1. The van der Waals surface area contributed by atoms with Crippen LogP contribution in [0.5, 0.6) is 0 Å². The summed E-state index contributed by atoms with van der Waals surface area (Å²) in [7, 11) is 1.35. The predicted molar refractivity (Wildman–Crippen MR) is 79.3 cm³/mol. The van der Waals surface area contributed by atoms with Crippen LogP contribution in [0.1, 0.15) is 24.8 Å². The second-order valence-electron chi connectivity index (χ2n) is 4.98. The minimum absolute atomic E-state index is 0.131. The lowest BCUT2D eigenvalue weighted by molar-refractivity contribution is -0.142. The SMILES string of the molecule is COC(=O)C1CC(C)N(C(=O)NCN=C=O)c2ccccc21. The number of nitrogens with zero attached hydrogens (tertiary/aromatic N) is 2. The van der Waals surface area contributed by atoms with Gasteiger partial charge in [-0.25, -0.2) is 9.59 Å². The van der Waals surface area contributed by atoms with E-state index in [9.17, 15) is 14.4 Å². The third-order valence-corrected chi connectivity index (χ3v) is 3.67. The molecule has 7 nitrogen and oxygen atoms in total. The number of esters is 1. The van der Waals surface area contributed by atoms with Gasteiger partial charge in [-0.05, 0) is 25.0 Å². The van der Waals surface area contributed by atoms with Gasteiger partial charge in [0, 0.05) is 11.7 Å². The van der Waals surface area contributed by atoms with E-state index in [-0.39, 0.29) is 24.7 Å². The van der Waals surface area contributed by atoms with Crippen LogP contribution < -0.4 is 10.2 Å². The van der Waals surface area contributed by atoms with E-state index in [1.807, 2.05) is 19.1 Å². The molecule has 2 amide bonds. The lowest BCUT2D eigenvalue weighted by atomic mass is 9.86. The average Bonchev–Trinajstić information content (AvgIpc) is 2.53. The van der Waals surface area contributed by atoms with Crippen LogP contribution in [0.25, 0.3) is 0 Å². The van der Waals surface area contributed by atoms with Crippen molar-refractivity contribution in [2.45, 2.75) is 25.3 Å². The summed E-state index contributed by atoms with van der Waals surface area (Å²) >= 11 is 0. The fourth-order valence-electron chi connectivity index (χ4n) is 2.71. The molecular formula is C15H17N3O4. The zero-order chi connectivity index (χ0) is 16.1. The number of aliphatic imine (C=N–C) groups is 1. The Morgan fingerprint density at radius 1 is 1.45 bits per heavy atom. The van der Waals surface area contributed by atoms with Crippen LogP contribution in [0.2, 0.25) is 0 Å². The molecule has 2 rings (SSSR count). The standard InChI is InChI=1S/C15H17N3O4/c1-10-7-12(14(20)22-2)11-5-3-4-6-13(11)18(10)15(21)17-8-16-9-19/h3-6,10,12H,7-8H2,1-2H3,(H,17,21). The first kappa shape index (κ1) is 15.7. The van der Waals surface area contributed by atoms with Gasteiger partial charge in [0.15, 0.2) is 0 Å². The molecule has 1 aliphatic rings. The van der Waals surface area contributed by atoms with Gasteiger partial charge < -0.3 is 10.1 Å². The highest BCUT2D eigenvalue weighted by molar-refractivity contribution is 5.96. The van der Waals surface area contributed by atoms with E-state index in [0.717, 1.165) is 5.56 Å². The van der Waals surface area contributed by atoms with E-state index in [2.05, 4.69) is 10.3 Å². The number of urea groups is 1. The summed E-state index contributed by atoms with van der Waals surface area (Å²) in [6.45, 7) is 1.72. The molecule has 7 heteroatoms. The quantitative estimate of drug-likeness (QED) is 0.521. The Balaban J connectivity index is 2.33. The molecule has 1 aliphatic heterocycles. The van der Waals surface area contributed by atoms with Gasteiger partial charge in [-0.2, -0.15) is 4.99 Å². The monoisotopic (exact) mass is 303 g/mol. The molecule has 0 saturated heterocycles. The number of benzene rings is 1. The number of carbonyl (C=O) groups excluding carboxylic acids is 3. The Morgan fingerprint density at radius 3 is 2.86 bits per heavy atom. The Bertz CT molecular complexity index is 625. The highest BCUT2D eigenvalue weighted by Crippen LogP contribution is 2.38. The number of carbonyl (C=O) groups is 2. The van der Waals surface area contributed by atoms with Crippen molar-refractivity contribution < 1.29 is 19.1 Å². The second kappa shape index (κ2) is 6.87. The van der Waals surface area contributed by atoms with Crippen molar-refractivity contribution in [1.82, 2.24) is 5.32 Å². The number of amides is 2. The summed E-state index contributed by atoms with van der Waals surface area (Å²) in [5.74, 6) is -0.710. The maximum atomic E-state index is 12.3. The lowest BCUT2D eigenvalue weighted by Crippen LogP contribution is -2.49. The van der Waals surface area contributed by atoms with Crippen molar-refractivity contribution in [3.05, 3.63) is 29.8 Å². The first-order valence-electron chi connectivity index (χ1n) is 6.87.